The quantitative estimate of drug-likeness (QED) is 0.729. The van der Waals surface area contributed by atoms with Crippen molar-refractivity contribution in [3.8, 4) is 0 Å². The monoisotopic (exact) mass is 235 g/mol. The minimum atomic E-state index is 0.323. The van der Waals surface area contributed by atoms with Gasteiger partial charge in [0.15, 0.2) is 0 Å². The molecule has 0 heterocycles. The van der Waals surface area contributed by atoms with E-state index in [0.29, 0.717) is 17.3 Å². The van der Waals surface area contributed by atoms with Gasteiger partial charge in [0, 0.05) is 5.33 Å². The van der Waals surface area contributed by atoms with Crippen LogP contribution < -0.4 is 5.73 Å². The van der Waals surface area contributed by atoms with Gasteiger partial charge in [-0.2, -0.15) is 0 Å². The summed E-state index contributed by atoms with van der Waals surface area (Å²) in [5, 5.41) is 1.06. The summed E-state index contributed by atoms with van der Waals surface area (Å²) in [5.74, 6) is 1.33. The molecule has 2 N–H and O–H groups in total. The van der Waals surface area contributed by atoms with Gasteiger partial charge in [-0.15, -0.1) is 0 Å². The zero-order valence-corrected chi connectivity index (χ0v) is 10.3. The predicted octanol–water partition coefficient (Wildman–Crippen LogP) is 3.03. The van der Waals surface area contributed by atoms with E-state index in [1.165, 1.54) is 6.42 Å². The Hall–Kier alpha value is 0.440. The van der Waals surface area contributed by atoms with Crippen molar-refractivity contribution in [1.82, 2.24) is 0 Å². The molecule has 0 rings (SSSR count). The predicted molar refractivity (Wildman–Crippen MR) is 59.6 cm³/mol. The first-order valence-electron chi connectivity index (χ1n) is 4.77. The van der Waals surface area contributed by atoms with Gasteiger partial charge in [0.2, 0.25) is 0 Å². The number of halogens is 1. The third-order valence-electron chi connectivity index (χ3n) is 3.24. The van der Waals surface area contributed by atoms with E-state index in [4.69, 9.17) is 5.73 Å². The minimum Gasteiger partial charge on any atom is -0.330 e. The van der Waals surface area contributed by atoms with Crippen LogP contribution in [0.3, 0.4) is 0 Å². The van der Waals surface area contributed by atoms with Crippen molar-refractivity contribution in [2.24, 2.45) is 23.0 Å². The highest BCUT2D eigenvalue weighted by Crippen LogP contribution is 2.38. The molecule has 0 aromatic rings. The van der Waals surface area contributed by atoms with Crippen LogP contribution in [0.25, 0.3) is 0 Å². The molecule has 2 heteroatoms. The molecule has 0 radical (unpaired) electrons. The molecule has 0 fully saturated rings. The van der Waals surface area contributed by atoms with E-state index in [1.54, 1.807) is 0 Å². The van der Waals surface area contributed by atoms with E-state index in [9.17, 15) is 0 Å². The molecule has 0 atom stereocenters. The van der Waals surface area contributed by atoms with Crippen LogP contribution in [-0.2, 0) is 0 Å². The van der Waals surface area contributed by atoms with Gasteiger partial charge in [-0.3, -0.25) is 0 Å². The first kappa shape index (κ1) is 12.4. The average molecular weight is 236 g/mol. The third-order valence-corrected chi connectivity index (χ3v) is 3.64. The Bertz CT molecular complexity index is 113. The number of rotatable bonds is 5. The number of nitrogens with two attached hydrogens (primary N) is 1. The fourth-order valence-electron chi connectivity index (χ4n) is 1.99. The van der Waals surface area contributed by atoms with Gasteiger partial charge in [0.1, 0.15) is 0 Å². The second kappa shape index (κ2) is 5.23. The first-order chi connectivity index (χ1) is 5.51. The van der Waals surface area contributed by atoms with E-state index in [1.807, 2.05) is 0 Å². The number of hydrogen-bond acceptors (Lipinski definition) is 1. The van der Waals surface area contributed by atoms with Crippen molar-refractivity contribution in [3.05, 3.63) is 0 Å². The summed E-state index contributed by atoms with van der Waals surface area (Å²) in [6.45, 7) is 9.89. The number of hydrogen-bond donors (Lipinski definition) is 1. The Morgan fingerprint density at radius 2 is 1.58 bits per heavy atom. The molecule has 0 saturated carbocycles. The summed E-state index contributed by atoms with van der Waals surface area (Å²) < 4.78 is 0. The van der Waals surface area contributed by atoms with Crippen LogP contribution in [0.5, 0.6) is 0 Å². The SMILES string of the molecule is CC(C)C(CN)(CCBr)C(C)C. The van der Waals surface area contributed by atoms with Crippen LogP contribution in [-0.4, -0.2) is 11.9 Å². The second-order valence-corrected chi connectivity index (χ2v) is 4.98. The summed E-state index contributed by atoms with van der Waals surface area (Å²) >= 11 is 3.51. The van der Waals surface area contributed by atoms with E-state index in [0.717, 1.165) is 11.9 Å². The molecular formula is C10H22BrN. The van der Waals surface area contributed by atoms with Crippen LogP contribution in [0.2, 0.25) is 0 Å². The van der Waals surface area contributed by atoms with Crippen molar-refractivity contribution >= 4 is 15.9 Å². The molecule has 1 nitrogen and oxygen atoms in total. The molecule has 0 aliphatic rings. The summed E-state index contributed by atoms with van der Waals surface area (Å²) in [7, 11) is 0. The molecule has 74 valence electrons. The molecule has 12 heavy (non-hydrogen) atoms. The minimum absolute atomic E-state index is 0.323. The summed E-state index contributed by atoms with van der Waals surface area (Å²) in [5.41, 5.74) is 6.20. The van der Waals surface area contributed by atoms with Crippen molar-refractivity contribution in [2.45, 2.75) is 34.1 Å². The molecule has 0 aromatic heterocycles. The lowest BCUT2D eigenvalue weighted by Crippen LogP contribution is -2.40. The second-order valence-electron chi connectivity index (χ2n) is 4.19. The first-order valence-corrected chi connectivity index (χ1v) is 5.89. The summed E-state index contributed by atoms with van der Waals surface area (Å²) in [4.78, 5) is 0. The van der Waals surface area contributed by atoms with Crippen LogP contribution in [0, 0.1) is 17.3 Å². The van der Waals surface area contributed by atoms with Gasteiger partial charge >= 0.3 is 0 Å². The van der Waals surface area contributed by atoms with Crippen molar-refractivity contribution in [1.29, 1.82) is 0 Å². The normalized spacial score (nSPS) is 13.0. The molecule has 0 saturated heterocycles. The van der Waals surface area contributed by atoms with Crippen LogP contribution in [0.1, 0.15) is 34.1 Å². The van der Waals surface area contributed by atoms with E-state index >= 15 is 0 Å². The maximum atomic E-state index is 5.87. The standard InChI is InChI=1S/C10H22BrN/c1-8(2)10(7-12,5-6-11)9(3)4/h8-9H,5-7,12H2,1-4H3. The number of alkyl halides is 1. The zero-order valence-electron chi connectivity index (χ0n) is 8.73. The van der Waals surface area contributed by atoms with E-state index in [-0.39, 0.29) is 0 Å². The molecule has 0 bridgehead atoms. The Balaban J connectivity index is 4.51. The molecule has 0 aliphatic carbocycles. The van der Waals surface area contributed by atoms with Gasteiger partial charge in [-0.25, -0.2) is 0 Å². The van der Waals surface area contributed by atoms with Gasteiger partial charge in [0.25, 0.3) is 0 Å². The van der Waals surface area contributed by atoms with Gasteiger partial charge in [0.05, 0.1) is 0 Å². The molecule has 0 aliphatic heterocycles. The lowest BCUT2D eigenvalue weighted by Gasteiger charge is -2.40. The van der Waals surface area contributed by atoms with E-state index < -0.39 is 0 Å². The Kier molecular flexibility index (Phi) is 5.42. The maximum Gasteiger partial charge on any atom is 0.00372 e. The topological polar surface area (TPSA) is 26.0 Å². The van der Waals surface area contributed by atoms with Gasteiger partial charge < -0.3 is 5.73 Å². The van der Waals surface area contributed by atoms with Crippen LogP contribution in [0.15, 0.2) is 0 Å². The molecule has 0 amide bonds. The average Bonchev–Trinajstić information content (AvgIpc) is 1.98. The van der Waals surface area contributed by atoms with Crippen molar-refractivity contribution in [3.63, 3.8) is 0 Å². The highest BCUT2D eigenvalue weighted by Gasteiger charge is 2.34. The third kappa shape index (κ3) is 2.46. The Morgan fingerprint density at radius 3 is 1.67 bits per heavy atom. The molecule has 0 unspecified atom stereocenters. The molecule has 0 aromatic carbocycles. The van der Waals surface area contributed by atoms with Crippen molar-refractivity contribution < 1.29 is 0 Å². The highest BCUT2D eigenvalue weighted by atomic mass is 79.9. The lowest BCUT2D eigenvalue weighted by atomic mass is 9.67. The van der Waals surface area contributed by atoms with Crippen molar-refractivity contribution in [2.75, 3.05) is 11.9 Å². The fraction of sp³-hybridized carbons (Fsp3) is 1.00. The maximum absolute atomic E-state index is 5.87. The largest absolute Gasteiger partial charge is 0.330 e. The lowest BCUT2D eigenvalue weighted by molar-refractivity contribution is 0.118. The van der Waals surface area contributed by atoms with Gasteiger partial charge in [-0.1, -0.05) is 43.6 Å². The molecular weight excluding hydrogens is 214 g/mol. The Labute approximate surface area is 85.2 Å². The van der Waals surface area contributed by atoms with Crippen LogP contribution >= 0.6 is 15.9 Å². The van der Waals surface area contributed by atoms with Crippen LogP contribution in [0.4, 0.5) is 0 Å². The molecule has 0 spiro atoms. The summed E-state index contributed by atoms with van der Waals surface area (Å²) in [6, 6.07) is 0. The summed E-state index contributed by atoms with van der Waals surface area (Å²) in [6.07, 6.45) is 1.18. The highest BCUT2D eigenvalue weighted by molar-refractivity contribution is 9.09. The fourth-order valence-corrected chi connectivity index (χ4v) is 2.73. The van der Waals surface area contributed by atoms with Gasteiger partial charge in [-0.05, 0) is 30.2 Å². The Morgan fingerprint density at radius 1 is 1.17 bits per heavy atom. The zero-order chi connectivity index (χ0) is 9.78. The smallest absolute Gasteiger partial charge is 0.00372 e. The van der Waals surface area contributed by atoms with E-state index in [2.05, 4.69) is 43.6 Å².